The average Bonchev–Trinajstić information content (AvgIpc) is 2.83. The number of nitrogens with zero attached hydrogens (tertiary/aromatic N) is 3. The van der Waals surface area contributed by atoms with Crippen LogP contribution in [0.2, 0.25) is 0 Å². The summed E-state index contributed by atoms with van der Waals surface area (Å²) in [4.78, 5) is 0. The van der Waals surface area contributed by atoms with Crippen molar-refractivity contribution < 1.29 is 9.26 Å². The number of hydrogen-bond donors (Lipinski definition) is 0. The summed E-state index contributed by atoms with van der Waals surface area (Å²) in [5.41, 5.74) is 2.15. The first-order chi connectivity index (χ1) is 7.85. The van der Waals surface area contributed by atoms with Crippen molar-refractivity contribution in [3.8, 4) is 17.4 Å². The number of hydrogen-bond acceptors (Lipinski definition) is 5. The molecule has 0 atom stereocenters. The maximum Gasteiger partial charge on any atom is 0.188 e. The Hall–Kier alpha value is -2.19. The van der Waals surface area contributed by atoms with Crippen LogP contribution in [0.15, 0.2) is 28.9 Å². The lowest BCUT2D eigenvalue weighted by molar-refractivity contribution is 0.185. The molecule has 0 amide bonds. The van der Waals surface area contributed by atoms with Gasteiger partial charge in [0.1, 0.15) is 0 Å². The molecule has 0 saturated heterocycles. The SMILES string of the molecule is COCc1ccc(-c2cnno2)c(C#N)c1. The number of aromatic nitrogens is 2. The lowest BCUT2D eigenvalue weighted by Gasteiger charge is -2.03. The smallest absolute Gasteiger partial charge is 0.188 e. The van der Waals surface area contributed by atoms with Crippen LogP contribution in [0, 0.1) is 11.3 Å². The highest BCUT2D eigenvalue weighted by Crippen LogP contribution is 2.23. The minimum atomic E-state index is 0.476. The van der Waals surface area contributed by atoms with Crippen molar-refractivity contribution in [3.05, 3.63) is 35.5 Å². The molecule has 0 spiro atoms. The molecule has 0 fully saturated rings. The molecule has 0 bridgehead atoms. The molecule has 0 N–H and O–H groups in total. The molecule has 0 aliphatic rings. The van der Waals surface area contributed by atoms with Gasteiger partial charge in [-0.1, -0.05) is 6.07 Å². The lowest BCUT2D eigenvalue weighted by atomic mass is 10.0. The van der Waals surface area contributed by atoms with E-state index in [-0.39, 0.29) is 0 Å². The summed E-state index contributed by atoms with van der Waals surface area (Å²) in [6, 6.07) is 7.55. The van der Waals surface area contributed by atoms with E-state index in [2.05, 4.69) is 16.4 Å². The van der Waals surface area contributed by atoms with Crippen LogP contribution < -0.4 is 0 Å². The van der Waals surface area contributed by atoms with Crippen LogP contribution in [0.5, 0.6) is 0 Å². The fraction of sp³-hybridized carbons (Fsp3) is 0.182. The van der Waals surface area contributed by atoms with Crippen LogP contribution in [0.25, 0.3) is 11.3 Å². The second kappa shape index (κ2) is 4.55. The van der Waals surface area contributed by atoms with Crippen LogP contribution in [-0.2, 0) is 11.3 Å². The molecule has 0 unspecified atom stereocenters. The highest BCUT2D eigenvalue weighted by atomic mass is 16.5. The summed E-state index contributed by atoms with van der Waals surface area (Å²) < 4.78 is 9.92. The van der Waals surface area contributed by atoms with E-state index in [4.69, 9.17) is 14.5 Å². The molecule has 16 heavy (non-hydrogen) atoms. The Morgan fingerprint density at radius 1 is 1.50 bits per heavy atom. The van der Waals surface area contributed by atoms with Crippen LogP contribution in [-0.4, -0.2) is 17.5 Å². The molecule has 0 aliphatic heterocycles. The van der Waals surface area contributed by atoms with Crippen molar-refractivity contribution in [1.82, 2.24) is 10.4 Å². The summed E-state index contributed by atoms with van der Waals surface area (Å²) in [5, 5.41) is 16.0. The van der Waals surface area contributed by atoms with Gasteiger partial charge >= 0.3 is 0 Å². The molecule has 0 aliphatic carbocycles. The largest absolute Gasteiger partial charge is 0.380 e. The van der Waals surface area contributed by atoms with Gasteiger partial charge in [0.25, 0.3) is 0 Å². The maximum atomic E-state index is 9.04. The van der Waals surface area contributed by atoms with Gasteiger partial charge in [0.15, 0.2) is 5.76 Å². The summed E-state index contributed by atoms with van der Waals surface area (Å²) in [6.45, 7) is 0.476. The Labute approximate surface area is 92.2 Å². The molecular formula is C11H9N3O2. The van der Waals surface area contributed by atoms with E-state index in [1.165, 1.54) is 6.20 Å². The third-order valence-corrected chi connectivity index (χ3v) is 2.14. The predicted molar refractivity (Wildman–Crippen MR) is 55.2 cm³/mol. The normalized spacial score (nSPS) is 10.0. The van der Waals surface area contributed by atoms with E-state index >= 15 is 0 Å². The van der Waals surface area contributed by atoms with Gasteiger partial charge in [0, 0.05) is 17.9 Å². The van der Waals surface area contributed by atoms with E-state index in [0.29, 0.717) is 23.5 Å². The number of nitriles is 1. The van der Waals surface area contributed by atoms with Gasteiger partial charge in [-0.25, -0.2) is 0 Å². The van der Waals surface area contributed by atoms with Crippen molar-refractivity contribution in [2.75, 3.05) is 7.11 Å². The maximum absolute atomic E-state index is 9.04. The Balaban J connectivity index is 2.44. The minimum Gasteiger partial charge on any atom is -0.380 e. The van der Waals surface area contributed by atoms with E-state index in [1.54, 1.807) is 19.2 Å². The zero-order valence-corrected chi connectivity index (χ0v) is 8.67. The van der Waals surface area contributed by atoms with E-state index < -0.39 is 0 Å². The molecule has 0 radical (unpaired) electrons. The number of ether oxygens (including phenoxy) is 1. The highest BCUT2D eigenvalue weighted by Gasteiger charge is 2.09. The number of benzene rings is 1. The van der Waals surface area contributed by atoms with Gasteiger partial charge in [0.2, 0.25) is 0 Å². The lowest BCUT2D eigenvalue weighted by Crippen LogP contribution is -1.90. The monoisotopic (exact) mass is 215 g/mol. The van der Waals surface area contributed by atoms with Gasteiger partial charge < -0.3 is 9.26 Å². The minimum absolute atomic E-state index is 0.476. The van der Waals surface area contributed by atoms with Crippen molar-refractivity contribution in [3.63, 3.8) is 0 Å². The van der Waals surface area contributed by atoms with Crippen LogP contribution >= 0.6 is 0 Å². The Bertz CT molecular complexity index is 515. The van der Waals surface area contributed by atoms with Gasteiger partial charge in [-0.2, -0.15) is 5.26 Å². The first-order valence-electron chi connectivity index (χ1n) is 4.65. The van der Waals surface area contributed by atoms with Crippen molar-refractivity contribution >= 4 is 0 Å². The Morgan fingerprint density at radius 2 is 2.38 bits per heavy atom. The molecule has 2 aromatic rings. The first-order valence-corrected chi connectivity index (χ1v) is 4.65. The molecule has 1 aromatic carbocycles. The van der Waals surface area contributed by atoms with Crippen LogP contribution in [0.3, 0.4) is 0 Å². The predicted octanol–water partition coefficient (Wildman–Crippen LogP) is 1.75. The Kier molecular flexibility index (Phi) is 2.94. The summed E-state index contributed by atoms with van der Waals surface area (Å²) in [7, 11) is 1.61. The second-order valence-electron chi connectivity index (χ2n) is 3.21. The quantitative estimate of drug-likeness (QED) is 0.779. The zero-order valence-electron chi connectivity index (χ0n) is 8.67. The van der Waals surface area contributed by atoms with Gasteiger partial charge in [0.05, 0.1) is 24.4 Å². The fourth-order valence-electron chi connectivity index (χ4n) is 1.44. The van der Waals surface area contributed by atoms with E-state index in [0.717, 1.165) is 5.56 Å². The molecule has 5 nitrogen and oxygen atoms in total. The van der Waals surface area contributed by atoms with E-state index in [1.807, 2.05) is 6.07 Å². The third kappa shape index (κ3) is 1.92. The standard InChI is InChI=1S/C11H9N3O2/c1-15-7-8-2-3-10(9(4-8)5-12)11-6-13-14-16-11/h2-4,6H,7H2,1H3. The number of methoxy groups -OCH3 is 1. The van der Waals surface area contributed by atoms with Gasteiger partial charge in [-0.05, 0) is 17.7 Å². The third-order valence-electron chi connectivity index (χ3n) is 2.14. The fourth-order valence-corrected chi connectivity index (χ4v) is 1.44. The van der Waals surface area contributed by atoms with Gasteiger partial charge in [-0.3, -0.25) is 0 Å². The van der Waals surface area contributed by atoms with E-state index in [9.17, 15) is 0 Å². The molecule has 0 saturated carbocycles. The number of rotatable bonds is 3. The Morgan fingerprint density at radius 3 is 3.00 bits per heavy atom. The molecule has 1 heterocycles. The average molecular weight is 215 g/mol. The van der Waals surface area contributed by atoms with Crippen molar-refractivity contribution in [1.29, 1.82) is 5.26 Å². The summed E-state index contributed by atoms with van der Waals surface area (Å²) >= 11 is 0. The van der Waals surface area contributed by atoms with Crippen molar-refractivity contribution in [2.45, 2.75) is 6.61 Å². The molecular weight excluding hydrogens is 206 g/mol. The van der Waals surface area contributed by atoms with Crippen molar-refractivity contribution in [2.24, 2.45) is 0 Å². The van der Waals surface area contributed by atoms with Crippen LogP contribution in [0.4, 0.5) is 0 Å². The molecule has 80 valence electrons. The second-order valence-corrected chi connectivity index (χ2v) is 3.21. The summed E-state index contributed by atoms with van der Waals surface area (Å²) in [6.07, 6.45) is 1.48. The topological polar surface area (TPSA) is 71.9 Å². The van der Waals surface area contributed by atoms with Crippen LogP contribution in [0.1, 0.15) is 11.1 Å². The highest BCUT2D eigenvalue weighted by molar-refractivity contribution is 5.65. The van der Waals surface area contributed by atoms with Gasteiger partial charge in [-0.15, -0.1) is 5.10 Å². The molecule has 5 heteroatoms. The first kappa shape index (κ1) is 10.3. The molecule has 1 aromatic heterocycles. The summed E-state index contributed by atoms with van der Waals surface area (Å²) in [5.74, 6) is 0.487. The zero-order chi connectivity index (χ0) is 11.4. The molecule has 2 rings (SSSR count).